The average molecular weight is 276 g/mol. The minimum absolute atomic E-state index is 0.338. The van der Waals surface area contributed by atoms with Crippen LogP contribution in [0.5, 0.6) is 0 Å². The van der Waals surface area contributed by atoms with Gasteiger partial charge in [0.15, 0.2) is 5.82 Å². The highest BCUT2D eigenvalue weighted by Crippen LogP contribution is 2.39. The number of aromatic nitrogens is 2. The van der Waals surface area contributed by atoms with Gasteiger partial charge in [0.25, 0.3) is 0 Å². The molecule has 5 heteroatoms. The number of hydrogen-bond donors (Lipinski definition) is 1. The Kier molecular flexibility index (Phi) is 3.27. The van der Waals surface area contributed by atoms with Crippen LogP contribution < -0.4 is 5.32 Å². The molecule has 2 heterocycles. The summed E-state index contributed by atoms with van der Waals surface area (Å²) in [7, 11) is 0. The summed E-state index contributed by atoms with van der Waals surface area (Å²) in [5, 5.41) is 7.74. The van der Waals surface area contributed by atoms with Crippen LogP contribution in [0.15, 0.2) is 4.52 Å². The van der Waals surface area contributed by atoms with Gasteiger partial charge in [0.1, 0.15) is 0 Å². The van der Waals surface area contributed by atoms with Crippen LogP contribution >= 0.6 is 0 Å². The first-order valence-corrected chi connectivity index (χ1v) is 8.14. The van der Waals surface area contributed by atoms with Crippen LogP contribution in [0.1, 0.15) is 62.6 Å². The van der Waals surface area contributed by atoms with Crippen molar-refractivity contribution in [3.63, 3.8) is 0 Å². The molecule has 0 radical (unpaired) electrons. The number of hydrogen-bond acceptors (Lipinski definition) is 5. The summed E-state index contributed by atoms with van der Waals surface area (Å²) in [4.78, 5) is 7.21. The van der Waals surface area contributed by atoms with E-state index in [1.807, 2.05) is 0 Å². The van der Waals surface area contributed by atoms with E-state index in [2.05, 4.69) is 20.4 Å². The second kappa shape index (κ2) is 5.11. The summed E-state index contributed by atoms with van der Waals surface area (Å²) in [6, 6.07) is 0. The highest BCUT2D eigenvalue weighted by atomic mass is 16.5. The summed E-state index contributed by atoms with van der Waals surface area (Å²) >= 11 is 0. The van der Waals surface area contributed by atoms with Crippen LogP contribution in [0.4, 0.5) is 0 Å². The monoisotopic (exact) mass is 276 g/mol. The number of nitrogens with zero attached hydrogens (tertiary/aromatic N) is 3. The predicted molar refractivity (Wildman–Crippen MR) is 75.4 cm³/mol. The number of nitrogens with one attached hydrogen (secondary N) is 1. The molecular weight excluding hydrogens is 252 g/mol. The molecule has 0 bridgehead atoms. The molecule has 2 saturated carbocycles. The van der Waals surface area contributed by atoms with Crippen molar-refractivity contribution >= 4 is 0 Å². The van der Waals surface area contributed by atoms with E-state index in [0.29, 0.717) is 11.5 Å². The molecule has 0 unspecified atom stereocenters. The number of piperazine rings is 1. The Bertz CT molecular complexity index is 454. The van der Waals surface area contributed by atoms with E-state index in [4.69, 9.17) is 4.52 Å². The maximum atomic E-state index is 5.48. The predicted octanol–water partition coefficient (Wildman–Crippen LogP) is 2.06. The maximum Gasteiger partial charge on any atom is 0.240 e. The van der Waals surface area contributed by atoms with Crippen LogP contribution in [0.25, 0.3) is 0 Å². The molecule has 5 nitrogen and oxygen atoms in total. The molecule has 3 aliphatic rings. The van der Waals surface area contributed by atoms with E-state index in [-0.39, 0.29) is 0 Å². The summed E-state index contributed by atoms with van der Waals surface area (Å²) in [6.07, 6.45) is 9.19. The molecule has 3 fully saturated rings. The zero-order valence-corrected chi connectivity index (χ0v) is 12.1. The molecule has 0 amide bonds. The third kappa shape index (κ3) is 2.37. The third-order valence-electron chi connectivity index (χ3n) is 5.22. The Morgan fingerprint density at radius 3 is 2.90 bits per heavy atom. The molecule has 1 aromatic rings. The SMILES string of the molecule is C1CCC2(CC1)CNCCN2Cc1nc(C2CC2)no1. The van der Waals surface area contributed by atoms with Crippen molar-refractivity contribution in [3.05, 3.63) is 11.7 Å². The summed E-state index contributed by atoms with van der Waals surface area (Å²) in [6.45, 7) is 4.13. The van der Waals surface area contributed by atoms with E-state index in [0.717, 1.165) is 37.9 Å². The van der Waals surface area contributed by atoms with Gasteiger partial charge >= 0.3 is 0 Å². The largest absolute Gasteiger partial charge is 0.338 e. The Balaban J connectivity index is 1.49. The molecule has 1 spiro atoms. The topological polar surface area (TPSA) is 54.2 Å². The molecule has 1 aliphatic heterocycles. The first-order valence-electron chi connectivity index (χ1n) is 8.14. The minimum Gasteiger partial charge on any atom is -0.338 e. The van der Waals surface area contributed by atoms with Crippen LogP contribution in [-0.4, -0.2) is 40.2 Å². The van der Waals surface area contributed by atoms with Gasteiger partial charge in [-0.05, 0) is 25.7 Å². The standard InChI is InChI=1S/C15H24N4O/c1-2-6-15(7-3-1)11-16-8-9-19(15)10-13-17-14(18-20-13)12-4-5-12/h12,16H,1-11H2. The molecule has 4 rings (SSSR count). The van der Waals surface area contributed by atoms with Gasteiger partial charge < -0.3 is 9.84 Å². The van der Waals surface area contributed by atoms with E-state index >= 15 is 0 Å². The van der Waals surface area contributed by atoms with Crippen molar-refractivity contribution in [2.45, 2.75) is 62.9 Å². The number of rotatable bonds is 3. The first-order chi connectivity index (χ1) is 9.86. The summed E-state index contributed by atoms with van der Waals surface area (Å²) < 4.78 is 5.48. The quantitative estimate of drug-likeness (QED) is 0.915. The third-order valence-corrected chi connectivity index (χ3v) is 5.22. The van der Waals surface area contributed by atoms with Crippen molar-refractivity contribution < 1.29 is 4.52 Å². The Morgan fingerprint density at radius 2 is 2.10 bits per heavy atom. The molecule has 2 aliphatic carbocycles. The van der Waals surface area contributed by atoms with E-state index in [1.54, 1.807) is 0 Å². The smallest absolute Gasteiger partial charge is 0.240 e. The Hall–Kier alpha value is -0.940. The van der Waals surface area contributed by atoms with Gasteiger partial charge in [-0.1, -0.05) is 24.4 Å². The second-order valence-corrected chi connectivity index (χ2v) is 6.70. The fraction of sp³-hybridized carbons (Fsp3) is 0.867. The molecule has 1 N–H and O–H groups in total. The van der Waals surface area contributed by atoms with Crippen LogP contribution in [0, 0.1) is 0 Å². The van der Waals surface area contributed by atoms with E-state index < -0.39 is 0 Å². The lowest BCUT2D eigenvalue weighted by atomic mass is 9.79. The van der Waals surface area contributed by atoms with E-state index in [9.17, 15) is 0 Å². The fourth-order valence-corrected chi connectivity index (χ4v) is 3.84. The van der Waals surface area contributed by atoms with Gasteiger partial charge in [-0.3, -0.25) is 4.90 Å². The first kappa shape index (κ1) is 12.8. The van der Waals surface area contributed by atoms with Crippen molar-refractivity contribution in [2.75, 3.05) is 19.6 Å². The highest BCUT2D eigenvalue weighted by molar-refractivity contribution is 5.04. The van der Waals surface area contributed by atoms with Crippen molar-refractivity contribution in [1.29, 1.82) is 0 Å². The summed E-state index contributed by atoms with van der Waals surface area (Å²) in [5.74, 6) is 2.34. The second-order valence-electron chi connectivity index (χ2n) is 6.70. The minimum atomic E-state index is 0.338. The lowest BCUT2D eigenvalue weighted by Gasteiger charge is -2.49. The van der Waals surface area contributed by atoms with Crippen molar-refractivity contribution in [2.24, 2.45) is 0 Å². The molecule has 20 heavy (non-hydrogen) atoms. The van der Waals surface area contributed by atoms with Gasteiger partial charge in [-0.2, -0.15) is 4.98 Å². The van der Waals surface area contributed by atoms with Crippen LogP contribution in [-0.2, 0) is 6.54 Å². The van der Waals surface area contributed by atoms with Gasteiger partial charge in [0.05, 0.1) is 6.54 Å². The zero-order valence-electron chi connectivity index (χ0n) is 12.1. The van der Waals surface area contributed by atoms with Gasteiger partial charge in [0, 0.05) is 31.1 Å². The maximum absolute atomic E-state index is 5.48. The zero-order chi connectivity index (χ0) is 13.4. The molecule has 1 aromatic heterocycles. The van der Waals surface area contributed by atoms with E-state index in [1.165, 1.54) is 44.9 Å². The van der Waals surface area contributed by atoms with Crippen molar-refractivity contribution in [1.82, 2.24) is 20.4 Å². The molecular formula is C15H24N4O. The van der Waals surface area contributed by atoms with Crippen LogP contribution in [0.2, 0.25) is 0 Å². The molecule has 1 saturated heterocycles. The highest BCUT2D eigenvalue weighted by Gasteiger charge is 2.40. The fourth-order valence-electron chi connectivity index (χ4n) is 3.84. The normalized spacial score (nSPS) is 27.0. The lowest BCUT2D eigenvalue weighted by Crippen LogP contribution is -2.61. The van der Waals surface area contributed by atoms with Gasteiger partial charge in [-0.25, -0.2) is 0 Å². The summed E-state index contributed by atoms with van der Waals surface area (Å²) in [5.41, 5.74) is 0.338. The Labute approximate surface area is 120 Å². The molecule has 0 aromatic carbocycles. The Morgan fingerprint density at radius 1 is 1.25 bits per heavy atom. The average Bonchev–Trinajstić information content (AvgIpc) is 3.23. The molecule has 110 valence electrons. The lowest BCUT2D eigenvalue weighted by molar-refractivity contribution is 0.0135. The van der Waals surface area contributed by atoms with Gasteiger partial charge in [0.2, 0.25) is 5.89 Å². The molecule has 0 atom stereocenters. The van der Waals surface area contributed by atoms with Crippen LogP contribution in [0.3, 0.4) is 0 Å². The van der Waals surface area contributed by atoms with Crippen molar-refractivity contribution in [3.8, 4) is 0 Å². The van der Waals surface area contributed by atoms with Gasteiger partial charge in [-0.15, -0.1) is 0 Å².